The summed E-state index contributed by atoms with van der Waals surface area (Å²) in [5.74, 6) is 0. The third-order valence-corrected chi connectivity index (χ3v) is 5.33. The Hall–Kier alpha value is -2.52. The van der Waals surface area contributed by atoms with Gasteiger partial charge in [-0.1, -0.05) is 12.1 Å². The lowest BCUT2D eigenvalue weighted by Crippen LogP contribution is -2.15. The number of aryl methyl sites for hydroxylation is 1. The summed E-state index contributed by atoms with van der Waals surface area (Å²) in [6, 6.07) is 8.74. The molecule has 0 aliphatic rings. The molecule has 0 aliphatic carbocycles. The van der Waals surface area contributed by atoms with Crippen LogP contribution in [0.5, 0.6) is 6.01 Å². The molecule has 124 valence electrons. The maximum atomic E-state index is 12.6. The molecule has 1 aromatic carbocycles. The van der Waals surface area contributed by atoms with Gasteiger partial charge in [-0.3, -0.25) is 4.72 Å². The summed E-state index contributed by atoms with van der Waals surface area (Å²) in [5, 5.41) is -0.156. The minimum absolute atomic E-state index is 0.00647. The average Bonchev–Trinajstić information content (AvgIpc) is 3.11. The predicted octanol–water partition coefficient (Wildman–Crippen LogP) is 2.72. The maximum Gasteiger partial charge on any atom is 0.317 e. The normalized spacial score (nSPS) is 11.2. The first-order valence-electron chi connectivity index (χ1n) is 6.91. The standard InChI is InChI=1S/C15H14N4O3S2/c1-10-3-4-11(13-5-8-17-23-13)9-12(10)19-24(20,21)14-6-7-16-15(18-14)22-2/h3-9,19H,1-2H3. The van der Waals surface area contributed by atoms with Crippen LogP contribution >= 0.6 is 11.5 Å². The molecule has 0 spiro atoms. The Kier molecular flexibility index (Phi) is 4.45. The summed E-state index contributed by atoms with van der Waals surface area (Å²) in [6.07, 6.45) is 3.04. The SMILES string of the molecule is COc1nccc(S(=O)(=O)Nc2cc(-c3ccns3)ccc2C)n1. The lowest BCUT2D eigenvalue weighted by molar-refractivity contribution is 0.375. The Bertz CT molecular complexity index is 957. The molecule has 0 atom stereocenters. The summed E-state index contributed by atoms with van der Waals surface area (Å²) in [6.45, 7) is 1.83. The number of nitrogens with zero attached hydrogens (tertiary/aromatic N) is 3. The first kappa shape index (κ1) is 16.3. The summed E-state index contributed by atoms with van der Waals surface area (Å²) in [7, 11) is -2.47. The second kappa shape index (κ2) is 6.54. The molecule has 0 bridgehead atoms. The quantitative estimate of drug-likeness (QED) is 0.701. The monoisotopic (exact) mass is 362 g/mol. The Labute approximate surface area is 143 Å². The molecule has 3 rings (SSSR count). The van der Waals surface area contributed by atoms with Gasteiger partial charge in [-0.25, -0.2) is 9.36 Å². The van der Waals surface area contributed by atoms with Crippen LogP contribution in [0.1, 0.15) is 5.56 Å². The number of benzene rings is 1. The molecule has 7 nitrogen and oxygen atoms in total. The van der Waals surface area contributed by atoms with Crippen LogP contribution in [0.15, 0.2) is 47.8 Å². The van der Waals surface area contributed by atoms with Gasteiger partial charge in [-0.15, -0.1) is 0 Å². The number of nitrogens with one attached hydrogen (secondary N) is 1. The van der Waals surface area contributed by atoms with Crippen molar-refractivity contribution in [2.45, 2.75) is 11.9 Å². The zero-order chi connectivity index (χ0) is 17.2. The van der Waals surface area contributed by atoms with Gasteiger partial charge in [0.15, 0.2) is 5.03 Å². The van der Waals surface area contributed by atoms with E-state index >= 15 is 0 Å². The van der Waals surface area contributed by atoms with E-state index < -0.39 is 10.0 Å². The molecule has 2 heterocycles. The Morgan fingerprint density at radius 3 is 2.71 bits per heavy atom. The van der Waals surface area contributed by atoms with Gasteiger partial charge < -0.3 is 4.74 Å². The largest absolute Gasteiger partial charge is 0.467 e. The van der Waals surface area contributed by atoms with E-state index in [-0.39, 0.29) is 11.0 Å². The zero-order valence-corrected chi connectivity index (χ0v) is 14.6. The summed E-state index contributed by atoms with van der Waals surface area (Å²) < 4.78 is 36.6. The van der Waals surface area contributed by atoms with E-state index in [0.29, 0.717) is 5.69 Å². The highest BCUT2D eigenvalue weighted by Crippen LogP contribution is 2.28. The highest BCUT2D eigenvalue weighted by Gasteiger charge is 2.18. The molecule has 0 amide bonds. The van der Waals surface area contributed by atoms with Crippen LogP contribution in [-0.2, 0) is 10.0 Å². The molecule has 24 heavy (non-hydrogen) atoms. The molecule has 0 radical (unpaired) electrons. The molecule has 0 fully saturated rings. The molecule has 1 N–H and O–H groups in total. The van der Waals surface area contributed by atoms with Crippen LogP contribution in [-0.4, -0.2) is 29.9 Å². The number of anilines is 1. The number of sulfonamides is 1. The number of hydrogen-bond acceptors (Lipinski definition) is 7. The van der Waals surface area contributed by atoms with E-state index in [1.54, 1.807) is 12.3 Å². The van der Waals surface area contributed by atoms with Crippen molar-refractivity contribution < 1.29 is 13.2 Å². The molecule has 0 aliphatic heterocycles. The Morgan fingerprint density at radius 1 is 1.17 bits per heavy atom. The third kappa shape index (κ3) is 3.36. The van der Waals surface area contributed by atoms with Crippen LogP contribution in [0.2, 0.25) is 0 Å². The van der Waals surface area contributed by atoms with Crippen molar-refractivity contribution in [2.24, 2.45) is 0 Å². The molecule has 2 aromatic heterocycles. The van der Waals surface area contributed by atoms with Gasteiger partial charge in [-0.05, 0) is 47.8 Å². The van der Waals surface area contributed by atoms with Gasteiger partial charge in [-0.2, -0.15) is 13.4 Å². The maximum absolute atomic E-state index is 12.6. The van der Waals surface area contributed by atoms with E-state index in [1.165, 1.54) is 30.9 Å². The minimum Gasteiger partial charge on any atom is -0.467 e. The summed E-state index contributed by atoms with van der Waals surface area (Å²) in [4.78, 5) is 8.64. The highest BCUT2D eigenvalue weighted by atomic mass is 32.2. The van der Waals surface area contributed by atoms with E-state index in [9.17, 15) is 8.42 Å². The molecular weight excluding hydrogens is 348 g/mol. The van der Waals surface area contributed by atoms with Crippen LogP contribution in [0, 0.1) is 6.92 Å². The van der Waals surface area contributed by atoms with Crippen molar-refractivity contribution in [3.05, 3.63) is 48.3 Å². The van der Waals surface area contributed by atoms with Crippen molar-refractivity contribution in [1.82, 2.24) is 14.3 Å². The number of methoxy groups -OCH3 is 1. The lowest BCUT2D eigenvalue weighted by Gasteiger charge is -2.11. The van der Waals surface area contributed by atoms with Crippen molar-refractivity contribution in [3.63, 3.8) is 0 Å². The van der Waals surface area contributed by atoms with Crippen molar-refractivity contribution in [3.8, 4) is 16.5 Å². The Balaban J connectivity index is 1.96. The van der Waals surface area contributed by atoms with Crippen LogP contribution in [0.4, 0.5) is 5.69 Å². The van der Waals surface area contributed by atoms with Crippen LogP contribution < -0.4 is 9.46 Å². The second-order valence-electron chi connectivity index (χ2n) is 4.89. The molecule has 0 unspecified atom stereocenters. The molecule has 9 heteroatoms. The second-order valence-corrected chi connectivity index (χ2v) is 7.36. The van der Waals surface area contributed by atoms with Gasteiger partial charge >= 0.3 is 6.01 Å². The van der Waals surface area contributed by atoms with E-state index in [4.69, 9.17) is 4.74 Å². The minimum atomic E-state index is -3.85. The van der Waals surface area contributed by atoms with Gasteiger partial charge in [0.2, 0.25) is 0 Å². The van der Waals surface area contributed by atoms with E-state index in [1.807, 2.05) is 25.1 Å². The fourth-order valence-electron chi connectivity index (χ4n) is 2.02. The van der Waals surface area contributed by atoms with Gasteiger partial charge in [0, 0.05) is 12.4 Å². The number of hydrogen-bond donors (Lipinski definition) is 1. The molecule has 3 aromatic rings. The van der Waals surface area contributed by atoms with Crippen LogP contribution in [0.3, 0.4) is 0 Å². The van der Waals surface area contributed by atoms with Crippen molar-refractivity contribution in [1.29, 1.82) is 0 Å². The zero-order valence-electron chi connectivity index (χ0n) is 12.9. The highest BCUT2D eigenvalue weighted by molar-refractivity contribution is 7.92. The fraction of sp³-hybridized carbons (Fsp3) is 0.133. The van der Waals surface area contributed by atoms with Crippen LogP contribution in [0.25, 0.3) is 10.4 Å². The number of ether oxygens (including phenoxy) is 1. The molecule has 0 saturated carbocycles. The number of rotatable bonds is 5. The number of aromatic nitrogens is 3. The van der Waals surface area contributed by atoms with Gasteiger partial charge in [0.1, 0.15) is 0 Å². The van der Waals surface area contributed by atoms with Crippen molar-refractivity contribution in [2.75, 3.05) is 11.8 Å². The Morgan fingerprint density at radius 2 is 2.00 bits per heavy atom. The molecule has 0 saturated heterocycles. The first-order chi connectivity index (χ1) is 11.5. The van der Waals surface area contributed by atoms with Crippen molar-refractivity contribution >= 4 is 27.2 Å². The van der Waals surface area contributed by atoms with E-state index in [2.05, 4.69) is 19.1 Å². The summed E-state index contributed by atoms with van der Waals surface area (Å²) >= 11 is 1.35. The van der Waals surface area contributed by atoms with E-state index in [0.717, 1.165) is 16.0 Å². The predicted molar refractivity (Wildman–Crippen MR) is 91.7 cm³/mol. The summed E-state index contributed by atoms with van der Waals surface area (Å²) in [5.41, 5.74) is 2.17. The smallest absolute Gasteiger partial charge is 0.317 e. The third-order valence-electron chi connectivity index (χ3n) is 3.27. The topological polar surface area (TPSA) is 94.1 Å². The average molecular weight is 362 g/mol. The van der Waals surface area contributed by atoms with Gasteiger partial charge in [0.05, 0.1) is 17.7 Å². The fourth-order valence-corrected chi connectivity index (χ4v) is 3.66. The van der Waals surface area contributed by atoms with Gasteiger partial charge in [0.25, 0.3) is 10.0 Å². The lowest BCUT2D eigenvalue weighted by atomic mass is 10.1. The first-order valence-corrected chi connectivity index (χ1v) is 9.17. The molecular formula is C15H14N4O3S2.